The van der Waals surface area contributed by atoms with Gasteiger partial charge in [-0.3, -0.25) is 14.9 Å². The molecule has 7 nitrogen and oxygen atoms in total. The van der Waals surface area contributed by atoms with Gasteiger partial charge in [-0.25, -0.2) is 9.78 Å². The Morgan fingerprint density at radius 1 is 1.03 bits per heavy atom. The summed E-state index contributed by atoms with van der Waals surface area (Å²) in [6, 6.07) is 15.5. The zero-order valence-corrected chi connectivity index (χ0v) is 17.7. The molecule has 2 amide bonds. The van der Waals surface area contributed by atoms with Gasteiger partial charge in [-0.15, -0.1) is 11.3 Å². The predicted octanol–water partition coefficient (Wildman–Crippen LogP) is 4.24. The number of benzene rings is 2. The van der Waals surface area contributed by atoms with E-state index in [1.165, 1.54) is 11.3 Å². The molecule has 1 heterocycles. The van der Waals surface area contributed by atoms with Crippen LogP contribution in [0.3, 0.4) is 0 Å². The molecule has 1 unspecified atom stereocenters. The molecule has 0 bridgehead atoms. The smallest absolute Gasteiger partial charge is 0.338 e. The van der Waals surface area contributed by atoms with Crippen molar-refractivity contribution in [3.8, 4) is 0 Å². The fourth-order valence-corrected chi connectivity index (χ4v) is 4.46. The van der Waals surface area contributed by atoms with Gasteiger partial charge < -0.3 is 10.1 Å². The summed E-state index contributed by atoms with van der Waals surface area (Å²) < 4.78 is 4.96. The maximum Gasteiger partial charge on any atom is 0.338 e. The van der Waals surface area contributed by atoms with Crippen LogP contribution in [0.25, 0.3) is 0 Å². The van der Waals surface area contributed by atoms with Crippen molar-refractivity contribution in [2.24, 2.45) is 0 Å². The number of nitrogens with one attached hydrogen (secondary N) is 2. The lowest BCUT2D eigenvalue weighted by atomic mass is 10.1. The van der Waals surface area contributed by atoms with Gasteiger partial charge >= 0.3 is 5.97 Å². The molecular formula is C23H21N3O4S. The molecule has 1 aliphatic carbocycles. The van der Waals surface area contributed by atoms with E-state index in [1.807, 2.05) is 6.07 Å². The highest BCUT2D eigenvalue weighted by Crippen LogP contribution is 2.39. The number of aromatic nitrogens is 1. The highest BCUT2D eigenvalue weighted by molar-refractivity contribution is 7.16. The Morgan fingerprint density at radius 3 is 2.48 bits per heavy atom. The minimum Gasteiger partial charge on any atom is -0.462 e. The fraction of sp³-hybridized carbons (Fsp3) is 0.217. The molecule has 2 aromatic carbocycles. The molecule has 3 aromatic rings. The number of nitrogens with zero attached hydrogens (tertiary/aromatic N) is 1. The molecule has 1 atom stereocenters. The highest BCUT2D eigenvalue weighted by atomic mass is 32.1. The Balaban J connectivity index is 1.41. The third-order valence-electron chi connectivity index (χ3n) is 4.95. The SMILES string of the molecule is CCOC(=O)c1ccc(NC(=O)C2CCc3sc(NC(=O)c4ccccc4)nc32)cc1. The van der Waals surface area contributed by atoms with E-state index in [4.69, 9.17) is 4.74 Å². The molecule has 8 heteroatoms. The number of ether oxygens (including phenoxy) is 1. The van der Waals surface area contributed by atoms with Crippen LogP contribution in [0.4, 0.5) is 10.8 Å². The molecular weight excluding hydrogens is 414 g/mol. The lowest BCUT2D eigenvalue weighted by Gasteiger charge is -2.11. The van der Waals surface area contributed by atoms with Crippen molar-refractivity contribution in [2.75, 3.05) is 17.2 Å². The number of aryl methyl sites for hydroxylation is 1. The summed E-state index contributed by atoms with van der Waals surface area (Å²) in [5, 5.41) is 6.20. The number of rotatable bonds is 6. The molecule has 31 heavy (non-hydrogen) atoms. The summed E-state index contributed by atoms with van der Waals surface area (Å²) in [6.45, 7) is 2.06. The van der Waals surface area contributed by atoms with E-state index in [9.17, 15) is 14.4 Å². The van der Waals surface area contributed by atoms with E-state index in [1.54, 1.807) is 55.5 Å². The standard InChI is InChI=1S/C23H21N3O4S/c1-2-30-22(29)15-8-10-16(11-9-15)24-21(28)17-12-13-18-19(17)25-23(31-18)26-20(27)14-6-4-3-5-7-14/h3-11,17H,2,12-13H2,1H3,(H,24,28)(H,25,26,27). The Kier molecular flexibility index (Phi) is 6.08. The molecule has 0 fully saturated rings. The summed E-state index contributed by atoms with van der Waals surface area (Å²) in [5.74, 6) is -1.16. The number of hydrogen-bond acceptors (Lipinski definition) is 6. The van der Waals surface area contributed by atoms with Crippen LogP contribution < -0.4 is 10.6 Å². The lowest BCUT2D eigenvalue weighted by Crippen LogP contribution is -2.20. The van der Waals surface area contributed by atoms with Crippen LogP contribution in [0, 0.1) is 0 Å². The Labute approximate surface area is 183 Å². The van der Waals surface area contributed by atoms with Crippen LogP contribution in [0.2, 0.25) is 0 Å². The van der Waals surface area contributed by atoms with Crippen molar-refractivity contribution in [2.45, 2.75) is 25.7 Å². The first-order valence-corrected chi connectivity index (χ1v) is 10.8. The minimum absolute atomic E-state index is 0.158. The first-order valence-electron chi connectivity index (χ1n) is 9.99. The van der Waals surface area contributed by atoms with Gasteiger partial charge in [0, 0.05) is 16.1 Å². The quantitative estimate of drug-likeness (QED) is 0.565. The number of anilines is 2. The summed E-state index contributed by atoms with van der Waals surface area (Å²) in [5.41, 5.74) is 2.30. The zero-order valence-electron chi connectivity index (χ0n) is 16.9. The predicted molar refractivity (Wildman–Crippen MR) is 119 cm³/mol. The highest BCUT2D eigenvalue weighted by Gasteiger charge is 2.33. The summed E-state index contributed by atoms with van der Waals surface area (Å²) in [6.07, 6.45) is 1.42. The number of carbonyl (C=O) groups is 3. The van der Waals surface area contributed by atoms with Gasteiger partial charge in [0.05, 0.1) is 23.8 Å². The lowest BCUT2D eigenvalue weighted by molar-refractivity contribution is -0.117. The first kappa shape index (κ1) is 20.7. The second kappa shape index (κ2) is 9.09. The van der Waals surface area contributed by atoms with Gasteiger partial charge in [0.25, 0.3) is 5.91 Å². The number of fused-ring (bicyclic) bond motifs is 1. The van der Waals surface area contributed by atoms with E-state index in [-0.39, 0.29) is 17.7 Å². The van der Waals surface area contributed by atoms with Gasteiger partial charge in [-0.1, -0.05) is 18.2 Å². The molecule has 2 N–H and O–H groups in total. The van der Waals surface area contributed by atoms with E-state index >= 15 is 0 Å². The minimum atomic E-state index is -0.395. The molecule has 1 aromatic heterocycles. The molecule has 0 saturated carbocycles. The largest absolute Gasteiger partial charge is 0.462 e. The third kappa shape index (κ3) is 4.64. The van der Waals surface area contributed by atoms with Gasteiger partial charge in [-0.05, 0) is 56.2 Å². The molecule has 4 rings (SSSR count). The molecule has 0 aliphatic heterocycles. The zero-order chi connectivity index (χ0) is 21.8. The van der Waals surface area contributed by atoms with E-state index in [0.29, 0.717) is 40.7 Å². The maximum atomic E-state index is 12.8. The fourth-order valence-electron chi connectivity index (χ4n) is 3.43. The van der Waals surface area contributed by atoms with Crippen molar-refractivity contribution in [1.29, 1.82) is 0 Å². The van der Waals surface area contributed by atoms with Crippen molar-refractivity contribution in [3.05, 3.63) is 76.3 Å². The number of esters is 1. The number of carbonyl (C=O) groups excluding carboxylic acids is 3. The molecule has 0 spiro atoms. The topological polar surface area (TPSA) is 97.4 Å². The number of hydrogen-bond donors (Lipinski definition) is 2. The average Bonchev–Trinajstić information content (AvgIpc) is 3.35. The monoisotopic (exact) mass is 435 g/mol. The summed E-state index contributed by atoms with van der Waals surface area (Å²) in [7, 11) is 0. The van der Waals surface area contributed by atoms with E-state index in [2.05, 4.69) is 15.6 Å². The van der Waals surface area contributed by atoms with E-state index < -0.39 is 5.97 Å². The first-order chi connectivity index (χ1) is 15.0. The van der Waals surface area contributed by atoms with Crippen LogP contribution in [0.15, 0.2) is 54.6 Å². The van der Waals surface area contributed by atoms with Crippen molar-refractivity contribution in [3.63, 3.8) is 0 Å². The second-order valence-electron chi connectivity index (χ2n) is 7.03. The van der Waals surface area contributed by atoms with Gasteiger partial charge in [0.2, 0.25) is 5.91 Å². The van der Waals surface area contributed by atoms with Crippen molar-refractivity contribution < 1.29 is 19.1 Å². The van der Waals surface area contributed by atoms with Crippen LogP contribution in [0.1, 0.15) is 50.5 Å². The van der Waals surface area contributed by atoms with Crippen LogP contribution in [0.5, 0.6) is 0 Å². The molecule has 1 aliphatic rings. The molecule has 0 saturated heterocycles. The second-order valence-corrected chi connectivity index (χ2v) is 8.11. The van der Waals surface area contributed by atoms with Crippen LogP contribution in [-0.2, 0) is 16.0 Å². The molecule has 0 radical (unpaired) electrons. The van der Waals surface area contributed by atoms with Gasteiger partial charge in [0.15, 0.2) is 5.13 Å². The summed E-state index contributed by atoms with van der Waals surface area (Å²) >= 11 is 1.41. The average molecular weight is 436 g/mol. The van der Waals surface area contributed by atoms with Crippen LogP contribution >= 0.6 is 11.3 Å². The normalized spacial score (nSPS) is 14.5. The third-order valence-corrected chi connectivity index (χ3v) is 6.00. The number of thiazole rings is 1. The Hall–Kier alpha value is -3.52. The van der Waals surface area contributed by atoms with E-state index in [0.717, 1.165) is 11.3 Å². The van der Waals surface area contributed by atoms with Crippen molar-refractivity contribution in [1.82, 2.24) is 4.98 Å². The molecule has 158 valence electrons. The van der Waals surface area contributed by atoms with Gasteiger partial charge in [0.1, 0.15) is 0 Å². The summed E-state index contributed by atoms with van der Waals surface area (Å²) in [4.78, 5) is 42.5. The van der Waals surface area contributed by atoms with Crippen LogP contribution in [-0.4, -0.2) is 29.4 Å². The number of amides is 2. The van der Waals surface area contributed by atoms with Gasteiger partial charge in [-0.2, -0.15) is 0 Å². The Morgan fingerprint density at radius 2 is 1.77 bits per heavy atom. The Bertz CT molecular complexity index is 1110. The maximum absolute atomic E-state index is 12.8. The van der Waals surface area contributed by atoms with Crippen molar-refractivity contribution >= 4 is 39.9 Å².